The number of nitrogens with zero attached hydrogens (tertiary/aromatic N) is 1. The first-order valence-electron chi connectivity index (χ1n) is 5.47. The number of amides is 1. The Morgan fingerprint density at radius 3 is 3.17 bits per heavy atom. The van der Waals surface area contributed by atoms with Gasteiger partial charge in [0.15, 0.2) is 0 Å². The number of carbonyl (C=O) groups is 1. The number of carbonyl (C=O) groups excluding carboxylic acids is 1. The number of methoxy groups -OCH3 is 1. The number of pyridine rings is 2. The van der Waals surface area contributed by atoms with E-state index in [0.29, 0.717) is 24.2 Å². The summed E-state index contributed by atoms with van der Waals surface area (Å²) in [6.45, 7) is 0.754. The summed E-state index contributed by atoms with van der Waals surface area (Å²) < 4.78 is 4.82. The average Bonchev–Trinajstić information content (AvgIpc) is 2.38. The molecule has 0 atom stereocenters. The fourth-order valence-corrected chi connectivity index (χ4v) is 1.56. The second kappa shape index (κ2) is 5.42. The summed E-state index contributed by atoms with van der Waals surface area (Å²) in [5.41, 5.74) is 0.813. The summed E-state index contributed by atoms with van der Waals surface area (Å²) in [6.07, 6.45) is 1.60. The molecular weight excluding hydrogens is 234 g/mol. The predicted molar refractivity (Wildman–Crippen MR) is 66.6 cm³/mol. The summed E-state index contributed by atoms with van der Waals surface area (Å²) in [5, 5.41) is 2.59. The topological polar surface area (TPSA) is 84.1 Å². The van der Waals surface area contributed by atoms with Gasteiger partial charge in [0.05, 0.1) is 17.6 Å². The first-order valence-corrected chi connectivity index (χ1v) is 5.47. The number of H-pyrrole nitrogens is 1. The molecule has 0 fully saturated rings. The van der Waals surface area contributed by atoms with E-state index in [-0.39, 0.29) is 5.56 Å². The Morgan fingerprint density at radius 2 is 2.39 bits per heavy atom. The standard InChI is InChI=1S/C12H13N3O3/c1-18-6-5-14-11(16)8-7-10-9(15-12(8)17)3-2-4-13-10/h2-4,7H,5-6H2,1H3,(H,14,16)(H,15,17). The van der Waals surface area contributed by atoms with Gasteiger partial charge in [-0.25, -0.2) is 0 Å². The summed E-state index contributed by atoms with van der Waals surface area (Å²) >= 11 is 0. The molecule has 2 aromatic heterocycles. The van der Waals surface area contributed by atoms with Gasteiger partial charge in [-0.2, -0.15) is 0 Å². The van der Waals surface area contributed by atoms with Crippen molar-refractivity contribution in [1.29, 1.82) is 0 Å². The van der Waals surface area contributed by atoms with Crippen molar-refractivity contribution < 1.29 is 9.53 Å². The van der Waals surface area contributed by atoms with E-state index in [4.69, 9.17) is 4.74 Å². The molecule has 0 aliphatic carbocycles. The number of aromatic amines is 1. The van der Waals surface area contributed by atoms with E-state index >= 15 is 0 Å². The molecule has 2 N–H and O–H groups in total. The molecule has 2 aromatic rings. The minimum absolute atomic E-state index is 0.0531. The third kappa shape index (κ3) is 2.54. The van der Waals surface area contributed by atoms with Crippen molar-refractivity contribution in [2.75, 3.05) is 20.3 Å². The minimum atomic E-state index is -0.430. The summed E-state index contributed by atoms with van der Waals surface area (Å²) in [4.78, 5) is 30.2. The fraction of sp³-hybridized carbons (Fsp3) is 0.250. The zero-order valence-corrected chi connectivity index (χ0v) is 9.90. The van der Waals surface area contributed by atoms with Gasteiger partial charge >= 0.3 is 0 Å². The molecule has 0 radical (unpaired) electrons. The van der Waals surface area contributed by atoms with Crippen LogP contribution in [0, 0.1) is 0 Å². The molecule has 6 nitrogen and oxygen atoms in total. The van der Waals surface area contributed by atoms with Crippen molar-refractivity contribution in [2.45, 2.75) is 0 Å². The van der Waals surface area contributed by atoms with Crippen molar-refractivity contribution in [1.82, 2.24) is 15.3 Å². The monoisotopic (exact) mass is 247 g/mol. The molecule has 18 heavy (non-hydrogen) atoms. The normalized spacial score (nSPS) is 10.5. The smallest absolute Gasteiger partial charge is 0.261 e. The number of hydrogen-bond acceptors (Lipinski definition) is 4. The minimum Gasteiger partial charge on any atom is -0.383 e. The second-order valence-corrected chi connectivity index (χ2v) is 3.70. The maximum Gasteiger partial charge on any atom is 0.261 e. The van der Waals surface area contributed by atoms with E-state index in [1.807, 2.05) is 0 Å². The van der Waals surface area contributed by atoms with Crippen molar-refractivity contribution >= 4 is 16.9 Å². The van der Waals surface area contributed by atoms with Gasteiger partial charge in [-0.1, -0.05) is 0 Å². The van der Waals surface area contributed by atoms with Gasteiger partial charge in [0.25, 0.3) is 11.5 Å². The quantitative estimate of drug-likeness (QED) is 0.761. The van der Waals surface area contributed by atoms with Crippen LogP contribution in [0.25, 0.3) is 11.0 Å². The SMILES string of the molecule is COCCNC(=O)c1cc2ncccc2[nH]c1=O. The average molecular weight is 247 g/mol. The van der Waals surface area contributed by atoms with Gasteiger partial charge in [-0.05, 0) is 18.2 Å². The Hall–Kier alpha value is -2.21. The van der Waals surface area contributed by atoms with Crippen LogP contribution in [0.5, 0.6) is 0 Å². The van der Waals surface area contributed by atoms with Crippen LogP contribution >= 0.6 is 0 Å². The van der Waals surface area contributed by atoms with Crippen LogP contribution in [-0.4, -0.2) is 36.1 Å². The van der Waals surface area contributed by atoms with Crippen LogP contribution in [0.1, 0.15) is 10.4 Å². The lowest BCUT2D eigenvalue weighted by atomic mass is 10.2. The van der Waals surface area contributed by atoms with Crippen molar-refractivity contribution in [3.63, 3.8) is 0 Å². The number of hydrogen-bond donors (Lipinski definition) is 2. The zero-order valence-electron chi connectivity index (χ0n) is 9.90. The number of nitrogens with one attached hydrogen (secondary N) is 2. The molecule has 94 valence electrons. The summed E-state index contributed by atoms with van der Waals surface area (Å²) in [7, 11) is 1.54. The summed E-state index contributed by atoms with van der Waals surface area (Å²) in [5.74, 6) is -0.430. The first kappa shape index (κ1) is 12.3. The van der Waals surface area contributed by atoms with Gasteiger partial charge in [-0.15, -0.1) is 0 Å². The van der Waals surface area contributed by atoms with E-state index in [2.05, 4.69) is 15.3 Å². The highest BCUT2D eigenvalue weighted by Crippen LogP contribution is 2.06. The van der Waals surface area contributed by atoms with E-state index in [0.717, 1.165) is 0 Å². The van der Waals surface area contributed by atoms with Crippen molar-refractivity contribution in [2.24, 2.45) is 0 Å². The molecule has 1 amide bonds. The highest BCUT2D eigenvalue weighted by atomic mass is 16.5. The van der Waals surface area contributed by atoms with Crippen LogP contribution in [0.2, 0.25) is 0 Å². The highest BCUT2D eigenvalue weighted by molar-refractivity contribution is 5.96. The van der Waals surface area contributed by atoms with Crippen LogP contribution in [0.3, 0.4) is 0 Å². The van der Waals surface area contributed by atoms with E-state index < -0.39 is 11.5 Å². The molecule has 0 aromatic carbocycles. The number of rotatable bonds is 4. The number of fused-ring (bicyclic) bond motifs is 1. The lowest BCUT2D eigenvalue weighted by Crippen LogP contribution is -2.31. The van der Waals surface area contributed by atoms with Gasteiger partial charge in [0.1, 0.15) is 5.56 Å². The maximum atomic E-state index is 11.8. The van der Waals surface area contributed by atoms with Crippen molar-refractivity contribution in [3.8, 4) is 0 Å². The summed E-state index contributed by atoms with van der Waals surface area (Å²) in [6, 6.07) is 4.93. The molecule has 2 rings (SSSR count). The third-order valence-electron chi connectivity index (χ3n) is 2.45. The molecule has 0 saturated heterocycles. The lowest BCUT2D eigenvalue weighted by Gasteiger charge is -2.04. The molecule has 0 aliphatic rings. The van der Waals surface area contributed by atoms with Gasteiger partial charge in [0.2, 0.25) is 0 Å². The van der Waals surface area contributed by atoms with Gasteiger partial charge < -0.3 is 15.0 Å². The Morgan fingerprint density at radius 1 is 1.56 bits per heavy atom. The van der Waals surface area contributed by atoms with Gasteiger partial charge in [-0.3, -0.25) is 14.6 Å². The molecular formula is C12H13N3O3. The van der Waals surface area contributed by atoms with Crippen LogP contribution < -0.4 is 10.9 Å². The second-order valence-electron chi connectivity index (χ2n) is 3.70. The van der Waals surface area contributed by atoms with Crippen LogP contribution in [0.15, 0.2) is 29.2 Å². The molecule has 0 spiro atoms. The molecule has 6 heteroatoms. The Kier molecular flexibility index (Phi) is 3.69. The van der Waals surface area contributed by atoms with Crippen molar-refractivity contribution in [3.05, 3.63) is 40.3 Å². The van der Waals surface area contributed by atoms with Crippen LogP contribution in [0.4, 0.5) is 0 Å². The molecule has 0 unspecified atom stereocenters. The molecule has 0 saturated carbocycles. The lowest BCUT2D eigenvalue weighted by molar-refractivity contribution is 0.0935. The fourth-order valence-electron chi connectivity index (χ4n) is 1.56. The Bertz CT molecular complexity index is 621. The third-order valence-corrected chi connectivity index (χ3v) is 2.45. The Balaban J connectivity index is 2.30. The molecule has 2 heterocycles. The largest absolute Gasteiger partial charge is 0.383 e. The Labute approximate surface area is 103 Å². The maximum absolute atomic E-state index is 11.8. The number of ether oxygens (including phenoxy) is 1. The van der Waals surface area contributed by atoms with E-state index in [9.17, 15) is 9.59 Å². The van der Waals surface area contributed by atoms with Gasteiger partial charge in [0, 0.05) is 19.9 Å². The zero-order chi connectivity index (χ0) is 13.0. The number of aromatic nitrogens is 2. The molecule has 0 bridgehead atoms. The van der Waals surface area contributed by atoms with Crippen LogP contribution in [-0.2, 0) is 4.74 Å². The first-order chi connectivity index (χ1) is 8.72. The predicted octanol–water partition coefficient (Wildman–Crippen LogP) is 0.299. The van der Waals surface area contributed by atoms with E-state index in [1.165, 1.54) is 6.07 Å². The molecule has 0 aliphatic heterocycles. The highest BCUT2D eigenvalue weighted by Gasteiger charge is 2.11. The van der Waals surface area contributed by atoms with E-state index in [1.54, 1.807) is 25.4 Å².